The van der Waals surface area contributed by atoms with Crippen molar-refractivity contribution in [3.05, 3.63) is 34.9 Å². The average Bonchev–Trinajstić information content (AvgIpc) is 3.24. The molecule has 30 heavy (non-hydrogen) atoms. The van der Waals surface area contributed by atoms with Gasteiger partial charge in [0.15, 0.2) is 0 Å². The predicted octanol–water partition coefficient (Wildman–Crippen LogP) is 1.03. The summed E-state index contributed by atoms with van der Waals surface area (Å²) in [5.41, 5.74) is 5.66. The number of hydrogen-bond acceptors (Lipinski definition) is 5. The molecule has 0 bridgehead atoms. The van der Waals surface area contributed by atoms with Crippen molar-refractivity contribution in [3.8, 4) is 0 Å². The molecule has 1 aromatic rings. The van der Waals surface area contributed by atoms with Gasteiger partial charge in [-0.2, -0.15) is 0 Å². The third-order valence-corrected chi connectivity index (χ3v) is 5.81. The Morgan fingerprint density at radius 2 is 1.87 bits per heavy atom. The normalized spacial score (nSPS) is 20.7. The van der Waals surface area contributed by atoms with Gasteiger partial charge in [-0.05, 0) is 43.5 Å². The molecule has 0 spiro atoms. The number of nitrogens with two attached hydrogens (primary N) is 1. The van der Waals surface area contributed by atoms with E-state index in [-0.39, 0.29) is 30.8 Å². The molecule has 0 unspecified atom stereocenters. The fraction of sp³-hybridized carbons (Fsp3) is 0.571. The zero-order valence-electron chi connectivity index (χ0n) is 17.0. The molecule has 2 aliphatic heterocycles. The van der Waals surface area contributed by atoms with Crippen molar-refractivity contribution in [1.82, 2.24) is 15.1 Å². The number of amides is 3. The van der Waals surface area contributed by atoms with Gasteiger partial charge in [0.1, 0.15) is 6.04 Å². The largest absolute Gasteiger partial charge is 0.377 e. The summed E-state index contributed by atoms with van der Waals surface area (Å²) in [5.74, 6) is -1.07. The number of carbonyl (C=O) groups excluding carboxylic acids is 3. The number of hydrogen-bond donors (Lipinski definition) is 2. The fourth-order valence-corrected chi connectivity index (χ4v) is 3.96. The summed E-state index contributed by atoms with van der Waals surface area (Å²) < 4.78 is 5.69. The van der Waals surface area contributed by atoms with Crippen LogP contribution in [0.25, 0.3) is 0 Å². The second-order valence-corrected chi connectivity index (χ2v) is 8.24. The standard InChI is InChI=1S/C21H29ClN4O4/c22-16-5-3-15(4-6-16)20(28)24-18(7-8-19(23)27)21(29)26-11-9-25(10-12-26)14-17-2-1-13-30-17/h3-6,17-18H,1-2,7-14H2,(H2,23,27)(H,24,28)/t17-,18-/m0/s1. The molecule has 164 valence electrons. The molecule has 2 aliphatic rings. The van der Waals surface area contributed by atoms with Crippen LogP contribution >= 0.6 is 11.6 Å². The Hall–Kier alpha value is -2.16. The monoisotopic (exact) mass is 436 g/mol. The number of rotatable bonds is 8. The highest BCUT2D eigenvalue weighted by Crippen LogP contribution is 2.16. The second-order valence-electron chi connectivity index (χ2n) is 7.80. The number of primary amides is 1. The van der Waals surface area contributed by atoms with Crippen LogP contribution in [0, 0.1) is 0 Å². The molecule has 0 radical (unpaired) electrons. The van der Waals surface area contributed by atoms with Gasteiger partial charge in [-0.3, -0.25) is 19.3 Å². The molecule has 9 heteroatoms. The van der Waals surface area contributed by atoms with E-state index in [9.17, 15) is 14.4 Å². The molecule has 3 amide bonds. The molecule has 2 saturated heterocycles. The van der Waals surface area contributed by atoms with E-state index in [1.807, 2.05) is 0 Å². The van der Waals surface area contributed by atoms with Gasteiger partial charge in [-0.1, -0.05) is 11.6 Å². The molecule has 0 aromatic heterocycles. The quantitative estimate of drug-likeness (QED) is 0.633. The van der Waals surface area contributed by atoms with Crippen molar-refractivity contribution < 1.29 is 19.1 Å². The number of carbonyl (C=O) groups is 3. The van der Waals surface area contributed by atoms with Crippen LogP contribution in [0.3, 0.4) is 0 Å². The lowest BCUT2D eigenvalue weighted by Crippen LogP contribution is -2.55. The lowest BCUT2D eigenvalue weighted by molar-refractivity contribution is -0.135. The highest BCUT2D eigenvalue weighted by atomic mass is 35.5. The Morgan fingerprint density at radius 1 is 1.17 bits per heavy atom. The maximum absolute atomic E-state index is 13.1. The Bertz CT molecular complexity index is 744. The summed E-state index contributed by atoms with van der Waals surface area (Å²) in [4.78, 5) is 41.0. The van der Waals surface area contributed by atoms with E-state index in [1.54, 1.807) is 29.2 Å². The van der Waals surface area contributed by atoms with Crippen molar-refractivity contribution in [2.45, 2.75) is 37.8 Å². The van der Waals surface area contributed by atoms with Crippen LogP contribution in [0.2, 0.25) is 5.02 Å². The SMILES string of the molecule is NC(=O)CC[C@H](NC(=O)c1ccc(Cl)cc1)C(=O)N1CCN(C[C@@H]2CCCO2)CC1. The first-order chi connectivity index (χ1) is 14.4. The summed E-state index contributed by atoms with van der Waals surface area (Å²) in [7, 11) is 0. The number of benzene rings is 1. The number of ether oxygens (including phenoxy) is 1. The maximum atomic E-state index is 13.1. The van der Waals surface area contributed by atoms with Crippen molar-refractivity contribution >= 4 is 29.3 Å². The lowest BCUT2D eigenvalue weighted by Gasteiger charge is -2.37. The van der Waals surface area contributed by atoms with Crippen molar-refractivity contribution in [2.24, 2.45) is 5.73 Å². The Morgan fingerprint density at radius 3 is 2.47 bits per heavy atom. The van der Waals surface area contributed by atoms with E-state index in [1.165, 1.54) is 0 Å². The van der Waals surface area contributed by atoms with Gasteiger partial charge in [-0.15, -0.1) is 0 Å². The summed E-state index contributed by atoms with van der Waals surface area (Å²) in [6.45, 7) is 4.40. The molecule has 0 saturated carbocycles. The average molecular weight is 437 g/mol. The molecular weight excluding hydrogens is 408 g/mol. The number of nitrogens with one attached hydrogen (secondary N) is 1. The van der Waals surface area contributed by atoms with E-state index >= 15 is 0 Å². The Kier molecular flexibility index (Phi) is 8.07. The molecule has 3 N–H and O–H groups in total. The lowest BCUT2D eigenvalue weighted by atomic mass is 10.1. The molecule has 8 nitrogen and oxygen atoms in total. The molecule has 2 atom stereocenters. The third-order valence-electron chi connectivity index (χ3n) is 5.56. The van der Waals surface area contributed by atoms with Gasteiger partial charge in [0.05, 0.1) is 6.10 Å². The van der Waals surface area contributed by atoms with Gasteiger partial charge in [0.2, 0.25) is 11.8 Å². The van der Waals surface area contributed by atoms with Crippen LogP contribution in [0.4, 0.5) is 0 Å². The Labute approximate surface area is 181 Å². The van der Waals surface area contributed by atoms with Crippen LogP contribution in [-0.2, 0) is 14.3 Å². The van der Waals surface area contributed by atoms with E-state index < -0.39 is 11.9 Å². The Balaban J connectivity index is 1.57. The summed E-state index contributed by atoms with van der Waals surface area (Å²) in [6, 6.07) is 5.62. The minimum absolute atomic E-state index is 0.0241. The van der Waals surface area contributed by atoms with Gasteiger partial charge >= 0.3 is 0 Å². The van der Waals surface area contributed by atoms with Gasteiger partial charge in [0.25, 0.3) is 5.91 Å². The highest BCUT2D eigenvalue weighted by molar-refractivity contribution is 6.30. The zero-order chi connectivity index (χ0) is 21.5. The summed E-state index contributed by atoms with van der Waals surface area (Å²) in [6.07, 6.45) is 2.68. The highest BCUT2D eigenvalue weighted by Gasteiger charge is 2.30. The zero-order valence-corrected chi connectivity index (χ0v) is 17.8. The van der Waals surface area contributed by atoms with E-state index in [0.717, 1.165) is 39.1 Å². The maximum Gasteiger partial charge on any atom is 0.251 e. The van der Waals surface area contributed by atoms with Crippen LogP contribution in [-0.4, -0.2) is 79.0 Å². The molecule has 2 heterocycles. The minimum Gasteiger partial charge on any atom is -0.377 e. The minimum atomic E-state index is -0.801. The van der Waals surface area contributed by atoms with Crippen LogP contribution < -0.4 is 11.1 Å². The molecule has 0 aliphatic carbocycles. The van der Waals surface area contributed by atoms with Crippen LogP contribution in [0.1, 0.15) is 36.0 Å². The van der Waals surface area contributed by atoms with Gasteiger partial charge < -0.3 is 20.7 Å². The van der Waals surface area contributed by atoms with Crippen molar-refractivity contribution in [2.75, 3.05) is 39.3 Å². The smallest absolute Gasteiger partial charge is 0.251 e. The fourth-order valence-electron chi connectivity index (χ4n) is 3.83. The number of halogens is 1. The van der Waals surface area contributed by atoms with Gasteiger partial charge in [0, 0.05) is 56.3 Å². The van der Waals surface area contributed by atoms with Crippen LogP contribution in [0.15, 0.2) is 24.3 Å². The van der Waals surface area contributed by atoms with E-state index in [2.05, 4.69) is 10.2 Å². The van der Waals surface area contributed by atoms with Crippen molar-refractivity contribution in [3.63, 3.8) is 0 Å². The van der Waals surface area contributed by atoms with Gasteiger partial charge in [-0.25, -0.2) is 0 Å². The molecule has 2 fully saturated rings. The summed E-state index contributed by atoms with van der Waals surface area (Å²) >= 11 is 5.87. The van der Waals surface area contributed by atoms with E-state index in [4.69, 9.17) is 22.1 Å². The first-order valence-corrected chi connectivity index (χ1v) is 10.8. The number of nitrogens with zero attached hydrogens (tertiary/aromatic N) is 2. The number of piperazine rings is 1. The predicted molar refractivity (Wildman–Crippen MR) is 113 cm³/mol. The van der Waals surface area contributed by atoms with Crippen molar-refractivity contribution in [1.29, 1.82) is 0 Å². The van der Waals surface area contributed by atoms with E-state index in [0.29, 0.717) is 23.7 Å². The topological polar surface area (TPSA) is 105 Å². The first kappa shape index (κ1) is 22.5. The molecule has 1 aromatic carbocycles. The molecule has 3 rings (SSSR count). The summed E-state index contributed by atoms with van der Waals surface area (Å²) in [5, 5.41) is 3.28. The van der Waals surface area contributed by atoms with Crippen LogP contribution in [0.5, 0.6) is 0 Å². The molecular formula is C21H29ClN4O4. The second kappa shape index (κ2) is 10.7. The first-order valence-electron chi connectivity index (χ1n) is 10.4. The third kappa shape index (κ3) is 6.42.